The first-order valence-corrected chi connectivity index (χ1v) is 6.51. The zero-order chi connectivity index (χ0) is 14.4. The molecule has 2 rings (SSSR count). The van der Waals surface area contributed by atoms with Gasteiger partial charge in [-0.05, 0) is 19.9 Å². The molecule has 0 aliphatic carbocycles. The zero-order valence-corrected chi connectivity index (χ0v) is 11.6. The second kappa shape index (κ2) is 6.56. The second-order valence-corrected chi connectivity index (χ2v) is 4.12. The molecule has 0 bridgehead atoms. The number of nitrogens with one attached hydrogen (secondary N) is 1. The van der Waals surface area contributed by atoms with Gasteiger partial charge in [0, 0.05) is 18.2 Å². The molecule has 20 heavy (non-hydrogen) atoms. The normalized spacial score (nSPS) is 10.7. The first kappa shape index (κ1) is 13.9. The predicted molar refractivity (Wildman–Crippen MR) is 81.8 cm³/mol. The monoisotopic (exact) mass is 270 g/mol. The zero-order valence-electron chi connectivity index (χ0n) is 11.6. The minimum Gasteiger partial charge on any atom is -0.438 e. The van der Waals surface area contributed by atoms with Crippen LogP contribution in [0.3, 0.4) is 0 Å². The lowest BCUT2D eigenvalue weighted by Gasteiger charge is -2.10. The molecule has 0 aliphatic heterocycles. The van der Waals surface area contributed by atoms with E-state index in [1.807, 2.05) is 50.3 Å². The van der Waals surface area contributed by atoms with Crippen LogP contribution in [0.25, 0.3) is 6.08 Å². The molecule has 0 amide bonds. The van der Waals surface area contributed by atoms with E-state index >= 15 is 0 Å². The highest BCUT2D eigenvalue weighted by Gasteiger charge is 2.06. The summed E-state index contributed by atoms with van der Waals surface area (Å²) >= 11 is 0. The lowest BCUT2D eigenvalue weighted by molar-refractivity contribution is 0.462. The van der Waals surface area contributed by atoms with Gasteiger partial charge >= 0.3 is 0 Å². The number of hydrogen-bond donors (Lipinski definition) is 2. The van der Waals surface area contributed by atoms with Crippen molar-refractivity contribution in [2.45, 2.75) is 13.8 Å². The van der Waals surface area contributed by atoms with Crippen LogP contribution in [-0.4, -0.2) is 16.5 Å². The lowest BCUT2D eigenvalue weighted by Crippen LogP contribution is -2.04. The number of para-hydroxylation sites is 1. The van der Waals surface area contributed by atoms with Gasteiger partial charge in [-0.3, -0.25) is 0 Å². The number of aromatic nitrogens is 2. The smallest absolute Gasteiger partial charge is 0.226 e. The fraction of sp³-hybridized carbons (Fsp3) is 0.200. The maximum Gasteiger partial charge on any atom is 0.226 e. The Balaban J connectivity index is 2.30. The minimum absolute atomic E-state index is 0.182. The summed E-state index contributed by atoms with van der Waals surface area (Å²) in [6.07, 6.45) is 3.94. The van der Waals surface area contributed by atoms with Gasteiger partial charge < -0.3 is 15.8 Å². The summed E-state index contributed by atoms with van der Waals surface area (Å²) in [7, 11) is 0. The van der Waals surface area contributed by atoms with Crippen LogP contribution in [0, 0.1) is 0 Å². The quantitative estimate of drug-likeness (QED) is 0.872. The van der Waals surface area contributed by atoms with Gasteiger partial charge in [-0.1, -0.05) is 30.4 Å². The van der Waals surface area contributed by atoms with E-state index in [4.69, 9.17) is 10.5 Å². The topological polar surface area (TPSA) is 73.1 Å². The van der Waals surface area contributed by atoms with E-state index in [1.165, 1.54) is 0 Å². The maximum absolute atomic E-state index is 5.81. The molecule has 0 fully saturated rings. The van der Waals surface area contributed by atoms with Gasteiger partial charge in [0.15, 0.2) is 0 Å². The summed E-state index contributed by atoms with van der Waals surface area (Å²) in [5.74, 6) is 1.98. The first-order valence-electron chi connectivity index (χ1n) is 6.51. The van der Waals surface area contributed by atoms with Crippen LogP contribution in [-0.2, 0) is 0 Å². The van der Waals surface area contributed by atoms with Crippen molar-refractivity contribution in [3.05, 3.63) is 42.0 Å². The largest absolute Gasteiger partial charge is 0.438 e. The third kappa shape index (κ3) is 3.47. The summed E-state index contributed by atoms with van der Waals surface area (Å²) in [4.78, 5) is 8.18. The SMILES string of the molecule is C/C=C/c1ccccc1Oc1cc(NCC)nc(N)n1. The first-order chi connectivity index (χ1) is 9.72. The lowest BCUT2D eigenvalue weighted by atomic mass is 10.2. The molecule has 0 spiro atoms. The van der Waals surface area contributed by atoms with E-state index in [2.05, 4.69) is 15.3 Å². The molecule has 0 saturated heterocycles. The summed E-state index contributed by atoms with van der Waals surface area (Å²) in [6.45, 7) is 4.70. The van der Waals surface area contributed by atoms with Crippen LogP contribution in [0.1, 0.15) is 19.4 Å². The van der Waals surface area contributed by atoms with Crippen LogP contribution in [0.2, 0.25) is 0 Å². The highest BCUT2D eigenvalue weighted by atomic mass is 16.5. The van der Waals surface area contributed by atoms with Gasteiger partial charge in [0.25, 0.3) is 0 Å². The van der Waals surface area contributed by atoms with Gasteiger partial charge in [-0.15, -0.1) is 0 Å². The number of rotatable bonds is 5. The molecule has 1 aromatic carbocycles. The molecule has 5 heteroatoms. The van der Waals surface area contributed by atoms with E-state index in [1.54, 1.807) is 6.07 Å². The van der Waals surface area contributed by atoms with E-state index in [0.717, 1.165) is 17.9 Å². The summed E-state index contributed by atoms with van der Waals surface area (Å²) in [5, 5.41) is 3.09. The van der Waals surface area contributed by atoms with Gasteiger partial charge in [0.1, 0.15) is 11.6 Å². The van der Waals surface area contributed by atoms with Crippen molar-refractivity contribution in [3.8, 4) is 11.6 Å². The standard InChI is InChI=1S/C15H18N4O/c1-3-7-11-8-5-6-9-12(11)20-14-10-13(17-4-2)18-15(16)19-14/h3,5-10H,4H2,1-2H3,(H3,16,17,18,19)/b7-3+. The molecule has 104 valence electrons. The Labute approximate surface area is 118 Å². The number of hydrogen-bond acceptors (Lipinski definition) is 5. The van der Waals surface area contributed by atoms with E-state index < -0.39 is 0 Å². The molecule has 2 aromatic rings. The van der Waals surface area contributed by atoms with Crippen molar-refractivity contribution in [3.63, 3.8) is 0 Å². The number of nitrogens with zero attached hydrogens (tertiary/aromatic N) is 2. The van der Waals surface area contributed by atoms with Gasteiger partial charge in [-0.2, -0.15) is 9.97 Å². The number of allylic oxidation sites excluding steroid dienone is 1. The molecule has 5 nitrogen and oxygen atoms in total. The molecule has 1 heterocycles. The van der Waals surface area contributed by atoms with Crippen molar-refractivity contribution in [1.82, 2.24) is 9.97 Å². The Hall–Kier alpha value is -2.56. The molecule has 1 aromatic heterocycles. The third-order valence-corrected chi connectivity index (χ3v) is 2.56. The van der Waals surface area contributed by atoms with E-state index in [9.17, 15) is 0 Å². The second-order valence-electron chi connectivity index (χ2n) is 4.12. The summed E-state index contributed by atoms with van der Waals surface area (Å²) in [6, 6.07) is 9.47. The average molecular weight is 270 g/mol. The molecule has 0 radical (unpaired) electrons. The molecule has 0 saturated carbocycles. The van der Waals surface area contributed by atoms with E-state index in [0.29, 0.717) is 11.7 Å². The molecule has 3 N–H and O–H groups in total. The van der Waals surface area contributed by atoms with Gasteiger partial charge in [0.05, 0.1) is 0 Å². The number of benzene rings is 1. The van der Waals surface area contributed by atoms with Crippen LogP contribution in [0.4, 0.5) is 11.8 Å². The van der Waals surface area contributed by atoms with Crippen LogP contribution >= 0.6 is 0 Å². The van der Waals surface area contributed by atoms with Crippen molar-refractivity contribution in [2.24, 2.45) is 0 Å². The fourth-order valence-electron chi connectivity index (χ4n) is 1.77. The maximum atomic E-state index is 5.81. The molecular weight excluding hydrogens is 252 g/mol. The number of anilines is 2. The fourth-order valence-corrected chi connectivity index (χ4v) is 1.77. The summed E-state index contributed by atoms with van der Waals surface area (Å²) in [5.41, 5.74) is 6.67. The molecule has 0 atom stereocenters. The van der Waals surface area contributed by atoms with Crippen molar-refractivity contribution < 1.29 is 4.74 Å². The van der Waals surface area contributed by atoms with Crippen LogP contribution < -0.4 is 15.8 Å². The van der Waals surface area contributed by atoms with Crippen molar-refractivity contribution >= 4 is 17.8 Å². The van der Waals surface area contributed by atoms with Crippen LogP contribution in [0.5, 0.6) is 11.6 Å². The molecular formula is C15H18N4O. The Bertz CT molecular complexity index is 611. The molecule has 0 unspecified atom stereocenters. The van der Waals surface area contributed by atoms with E-state index in [-0.39, 0.29) is 5.95 Å². The summed E-state index contributed by atoms with van der Waals surface area (Å²) < 4.78 is 5.81. The third-order valence-electron chi connectivity index (χ3n) is 2.56. The highest BCUT2D eigenvalue weighted by Crippen LogP contribution is 2.26. The number of nitrogens with two attached hydrogens (primary N) is 1. The van der Waals surface area contributed by atoms with Crippen LogP contribution in [0.15, 0.2) is 36.4 Å². The predicted octanol–water partition coefficient (Wildman–Crippen LogP) is 3.32. The Kier molecular flexibility index (Phi) is 4.55. The Morgan fingerprint density at radius 1 is 1.30 bits per heavy atom. The van der Waals surface area contributed by atoms with Gasteiger partial charge in [-0.25, -0.2) is 0 Å². The highest BCUT2D eigenvalue weighted by molar-refractivity contribution is 5.57. The van der Waals surface area contributed by atoms with Crippen molar-refractivity contribution in [1.29, 1.82) is 0 Å². The van der Waals surface area contributed by atoms with Gasteiger partial charge in [0.2, 0.25) is 11.8 Å². The Morgan fingerprint density at radius 3 is 2.85 bits per heavy atom. The minimum atomic E-state index is 0.182. The number of ether oxygens (including phenoxy) is 1. The van der Waals surface area contributed by atoms with Crippen molar-refractivity contribution in [2.75, 3.05) is 17.6 Å². The Morgan fingerprint density at radius 2 is 2.10 bits per heavy atom. The average Bonchev–Trinajstić information content (AvgIpc) is 2.41. The molecule has 0 aliphatic rings. The number of nitrogen functional groups attached to an aromatic ring is 1.